The number of carbonyl (C=O) groups is 1. The van der Waals surface area contributed by atoms with Crippen LogP contribution in [0, 0.1) is 0 Å². The van der Waals surface area contributed by atoms with E-state index in [9.17, 15) is 4.79 Å². The molecule has 1 N–H and O–H groups in total. The average molecular weight is 181 g/mol. The molecule has 0 aromatic rings. The maximum absolute atomic E-state index is 11.4. The fourth-order valence-electron chi connectivity index (χ4n) is 1.18. The van der Waals surface area contributed by atoms with Gasteiger partial charge in [-0.3, -0.25) is 19.9 Å². The molecule has 2 aliphatic heterocycles. The van der Waals surface area contributed by atoms with E-state index < -0.39 is 0 Å². The van der Waals surface area contributed by atoms with E-state index in [1.807, 2.05) is 0 Å². The number of hydrogen-bond acceptors (Lipinski definition) is 4. The van der Waals surface area contributed by atoms with Gasteiger partial charge in [-0.15, -0.1) is 0 Å². The minimum atomic E-state index is -0.144. The van der Waals surface area contributed by atoms with Crippen LogP contribution in [0.1, 0.15) is 0 Å². The predicted octanol–water partition coefficient (Wildman–Crippen LogP) is -0.701. The molecule has 0 aliphatic carbocycles. The molecule has 2 aliphatic rings. The van der Waals surface area contributed by atoms with Gasteiger partial charge < -0.3 is 0 Å². The van der Waals surface area contributed by atoms with Gasteiger partial charge in [0.05, 0.1) is 26.0 Å². The molecule has 6 nitrogen and oxygen atoms in total. The second kappa shape index (κ2) is 3.42. The maximum Gasteiger partial charge on any atom is 0.341 e. The van der Waals surface area contributed by atoms with Crippen molar-refractivity contribution in [1.29, 1.82) is 0 Å². The highest BCUT2D eigenvalue weighted by atomic mass is 16.2. The molecule has 0 bridgehead atoms. The van der Waals surface area contributed by atoms with Crippen LogP contribution < -0.4 is 5.43 Å². The molecule has 2 amide bonds. The van der Waals surface area contributed by atoms with Crippen molar-refractivity contribution in [2.45, 2.75) is 0 Å². The van der Waals surface area contributed by atoms with Crippen LogP contribution in [0.15, 0.2) is 9.98 Å². The lowest BCUT2D eigenvalue weighted by atomic mass is 10.6. The van der Waals surface area contributed by atoms with Crippen LogP contribution >= 0.6 is 0 Å². The third-order valence-electron chi connectivity index (χ3n) is 1.88. The molecule has 0 saturated carbocycles. The summed E-state index contributed by atoms with van der Waals surface area (Å²) in [4.78, 5) is 20.9. The Hall–Kier alpha value is -1.59. The van der Waals surface area contributed by atoms with E-state index in [1.165, 1.54) is 0 Å². The summed E-state index contributed by atoms with van der Waals surface area (Å²) in [7, 11) is 0. The van der Waals surface area contributed by atoms with Crippen molar-refractivity contribution in [2.75, 3.05) is 26.2 Å². The molecule has 13 heavy (non-hydrogen) atoms. The normalized spacial score (nSPS) is 20.0. The van der Waals surface area contributed by atoms with Crippen LogP contribution in [-0.2, 0) is 0 Å². The zero-order valence-electron chi connectivity index (χ0n) is 7.18. The van der Waals surface area contributed by atoms with E-state index in [0.717, 1.165) is 13.1 Å². The molecule has 70 valence electrons. The highest BCUT2D eigenvalue weighted by molar-refractivity contribution is 5.87. The predicted molar refractivity (Wildman–Crippen MR) is 48.7 cm³/mol. The first-order chi connectivity index (χ1) is 6.36. The molecule has 0 aromatic carbocycles. The lowest BCUT2D eigenvalue weighted by molar-refractivity contribution is 0.204. The van der Waals surface area contributed by atoms with Gasteiger partial charge in [0.25, 0.3) is 0 Å². The number of amides is 2. The van der Waals surface area contributed by atoms with Gasteiger partial charge in [0, 0.05) is 6.54 Å². The van der Waals surface area contributed by atoms with Crippen LogP contribution in [0.3, 0.4) is 0 Å². The lowest BCUT2D eigenvalue weighted by Gasteiger charge is -2.19. The van der Waals surface area contributed by atoms with Gasteiger partial charge in [0.1, 0.15) is 6.34 Å². The zero-order valence-corrected chi connectivity index (χ0v) is 7.18. The van der Waals surface area contributed by atoms with Crippen molar-refractivity contribution in [1.82, 2.24) is 15.3 Å². The third kappa shape index (κ3) is 1.77. The largest absolute Gasteiger partial charge is 0.341 e. The summed E-state index contributed by atoms with van der Waals surface area (Å²) in [5.74, 6) is 0. The Bertz CT molecular complexity index is 262. The number of hydrogen-bond donors (Lipinski definition) is 1. The van der Waals surface area contributed by atoms with Crippen molar-refractivity contribution in [2.24, 2.45) is 9.98 Å². The topological polar surface area (TPSA) is 60.3 Å². The van der Waals surface area contributed by atoms with E-state index in [-0.39, 0.29) is 6.03 Å². The molecule has 0 saturated heterocycles. The zero-order chi connectivity index (χ0) is 9.10. The lowest BCUT2D eigenvalue weighted by Crippen LogP contribution is -2.47. The Morgan fingerprint density at radius 3 is 2.62 bits per heavy atom. The number of carbonyl (C=O) groups excluding carboxylic acids is 1. The molecule has 2 rings (SSSR count). The van der Waals surface area contributed by atoms with E-state index in [1.54, 1.807) is 22.6 Å². The van der Waals surface area contributed by atoms with Gasteiger partial charge in [-0.1, -0.05) is 0 Å². The van der Waals surface area contributed by atoms with Gasteiger partial charge in [-0.2, -0.15) is 0 Å². The fraction of sp³-hybridized carbons (Fsp3) is 0.571. The van der Waals surface area contributed by atoms with Gasteiger partial charge in [-0.25, -0.2) is 10.2 Å². The van der Waals surface area contributed by atoms with E-state index >= 15 is 0 Å². The first kappa shape index (κ1) is 8.03. The van der Waals surface area contributed by atoms with Crippen molar-refractivity contribution in [3.63, 3.8) is 0 Å². The highest BCUT2D eigenvalue weighted by Gasteiger charge is 2.16. The SMILES string of the molecule is O=C(NN1C=NCC1)N1C=NCC1. The molecule has 0 aromatic heterocycles. The second-order valence-corrected chi connectivity index (χ2v) is 2.85. The molecular weight excluding hydrogens is 170 g/mol. The van der Waals surface area contributed by atoms with Gasteiger partial charge >= 0.3 is 6.03 Å². The second-order valence-electron chi connectivity index (χ2n) is 2.85. The summed E-state index contributed by atoms with van der Waals surface area (Å²) < 4.78 is 0. The standard InChI is InChI=1S/C7H11N5O/c13-7(11-3-1-8-5-11)10-12-4-2-9-6-12/h5-6H,1-4H2,(H,10,13). The quantitative estimate of drug-likeness (QED) is 0.581. The van der Waals surface area contributed by atoms with E-state index in [0.29, 0.717) is 13.1 Å². The van der Waals surface area contributed by atoms with Crippen LogP contribution in [0.4, 0.5) is 4.79 Å². The molecule has 0 atom stereocenters. The summed E-state index contributed by atoms with van der Waals surface area (Å²) in [6.45, 7) is 2.85. The summed E-state index contributed by atoms with van der Waals surface area (Å²) in [6.07, 6.45) is 3.19. The number of aliphatic imine (C=N–C) groups is 2. The minimum absolute atomic E-state index is 0.144. The minimum Gasteiger partial charge on any atom is -0.282 e. The maximum atomic E-state index is 11.4. The summed E-state index contributed by atoms with van der Waals surface area (Å²) >= 11 is 0. The van der Waals surface area contributed by atoms with Crippen molar-refractivity contribution in [3.8, 4) is 0 Å². The Morgan fingerprint density at radius 1 is 1.23 bits per heavy atom. The fourth-order valence-corrected chi connectivity index (χ4v) is 1.18. The summed E-state index contributed by atoms with van der Waals surface area (Å²) in [5, 5.41) is 1.68. The van der Waals surface area contributed by atoms with Crippen molar-refractivity contribution < 1.29 is 4.79 Å². The van der Waals surface area contributed by atoms with Gasteiger partial charge in [-0.05, 0) is 0 Å². The van der Waals surface area contributed by atoms with Crippen LogP contribution in [0.25, 0.3) is 0 Å². The Labute approximate surface area is 75.9 Å². The number of nitrogens with one attached hydrogen (secondary N) is 1. The average Bonchev–Trinajstić information content (AvgIpc) is 2.74. The Morgan fingerprint density at radius 2 is 2.00 bits per heavy atom. The third-order valence-corrected chi connectivity index (χ3v) is 1.88. The Kier molecular flexibility index (Phi) is 2.11. The number of nitrogens with zero attached hydrogens (tertiary/aromatic N) is 4. The molecule has 0 unspecified atom stereocenters. The molecule has 0 spiro atoms. The first-order valence-corrected chi connectivity index (χ1v) is 4.20. The van der Waals surface area contributed by atoms with Gasteiger partial charge in [0.15, 0.2) is 0 Å². The van der Waals surface area contributed by atoms with Crippen LogP contribution in [-0.4, -0.2) is 54.8 Å². The van der Waals surface area contributed by atoms with Gasteiger partial charge in [0.2, 0.25) is 0 Å². The smallest absolute Gasteiger partial charge is 0.282 e. The molecule has 0 fully saturated rings. The molecule has 0 radical (unpaired) electrons. The van der Waals surface area contributed by atoms with Crippen molar-refractivity contribution >= 4 is 18.7 Å². The monoisotopic (exact) mass is 181 g/mol. The number of urea groups is 1. The molecule has 2 heterocycles. The highest BCUT2D eigenvalue weighted by Crippen LogP contribution is 1.95. The van der Waals surface area contributed by atoms with Crippen molar-refractivity contribution in [3.05, 3.63) is 0 Å². The Balaban J connectivity index is 1.83. The molecule has 6 heteroatoms. The summed E-state index contributed by atoms with van der Waals surface area (Å²) in [6, 6.07) is -0.144. The van der Waals surface area contributed by atoms with Crippen LogP contribution in [0.2, 0.25) is 0 Å². The van der Waals surface area contributed by atoms with Crippen LogP contribution in [0.5, 0.6) is 0 Å². The summed E-state index contributed by atoms with van der Waals surface area (Å²) in [5.41, 5.74) is 2.70. The number of hydrazine groups is 1. The van der Waals surface area contributed by atoms with E-state index in [2.05, 4.69) is 15.4 Å². The van der Waals surface area contributed by atoms with E-state index in [4.69, 9.17) is 0 Å². The first-order valence-electron chi connectivity index (χ1n) is 4.20. The molecular formula is C7H11N5O. The number of rotatable bonds is 1.